The van der Waals surface area contributed by atoms with E-state index < -0.39 is 28.5 Å². The van der Waals surface area contributed by atoms with Gasteiger partial charge in [0.15, 0.2) is 18.1 Å². The molecule has 0 aliphatic carbocycles. The van der Waals surface area contributed by atoms with Gasteiger partial charge in [-0.25, -0.2) is 13.2 Å². The van der Waals surface area contributed by atoms with Crippen molar-refractivity contribution in [3.05, 3.63) is 82.9 Å². The van der Waals surface area contributed by atoms with Gasteiger partial charge in [0.05, 0.1) is 10.5 Å². The molecular weight excluding hydrogens is 472 g/mol. The Kier molecular flexibility index (Phi) is 6.92. The number of fused-ring (bicyclic) bond motifs is 1. The molecule has 0 saturated heterocycles. The zero-order chi connectivity index (χ0) is 25.0. The molecule has 2 N–H and O–H groups in total. The molecule has 3 aromatic rings. The number of ether oxygens (including phenoxy) is 3. The van der Waals surface area contributed by atoms with Gasteiger partial charge in [-0.2, -0.15) is 0 Å². The first-order valence-corrected chi connectivity index (χ1v) is 12.2. The van der Waals surface area contributed by atoms with Crippen LogP contribution < -0.4 is 19.5 Å². The van der Waals surface area contributed by atoms with Gasteiger partial charge in [0.1, 0.15) is 0 Å². The van der Waals surface area contributed by atoms with Crippen LogP contribution in [0.25, 0.3) is 0 Å². The summed E-state index contributed by atoms with van der Waals surface area (Å²) in [6, 6.07) is 16.0. The molecule has 0 unspecified atom stereocenters. The molecule has 3 aromatic carbocycles. The number of hydrogen-bond donors (Lipinski definition) is 2. The third kappa shape index (κ3) is 5.90. The van der Waals surface area contributed by atoms with Crippen molar-refractivity contribution >= 4 is 27.6 Å². The lowest BCUT2D eigenvalue weighted by molar-refractivity contribution is -0.124. The van der Waals surface area contributed by atoms with Crippen LogP contribution >= 0.6 is 0 Å². The van der Waals surface area contributed by atoms with Crippen LogP contribution in [0, 0.1) is 13.8 Å². The Morgan fingerprint density at radius 2 is 1.66 bits per heavy atom. The second-order valence-corrected chi connectivity index (χ2v) is 9.65. The summed E-state index contributed by atoms with van der Waals surface area (Å²) in [4.78, 5) is 24.5. The summed E-state index contributed by atoms with van der Waals surface area (Å²) in [6.45, 7) is 3.69. The van der Waals surface area contributed by atoms with E-state index in [0.29, 0.717) is 17.2 Å². The summed E-state index contributed by atoms with van der Waals surface area (Å²) in [5.41, 5.74) is 3.15. The van der Waals surface area contributed by atoms with E-state index in [2.05, 4.69) is 10.0 Å². The lowest BCUT2D eigenvalue weighted by atomic mass is 10.1. The number of esters is 1. The molecule has 0 spiro atoms. The zero-order valence-corrected chi connectivity index (χ0v) is 20.0. The third-order valence-electron chi connectivity index (χ3n) is 5.42. The molecule has 0 saturated carbocycles. The average molecular weight is 497 g/mol. The maximum atomic E-state index is 12.6. The number of sulfonamides is 1. The van der Waals surface area contributed by atoms with Crippen molar-refractivity contribution in [2.75, 3.05) is 18.1 Å². The lowest BCUT2D eigenvalue weighted by Crippen LogP contribution is -2.28. The number of aryl methyl sites for hydroxylation is 2. The normalized spacial score (nSPS) is 12.2. The van der Waals surface area contributed by atoms with Crippen LogP contribution in [0.2, 0.25) is 0 Å². The monoisotopic (exact) mass is 496 g/mol. The molecule has 0 atom stereocenters. The summed E-state index contributed by atoms with van der Waals surface area (Å²) in [5, 5.41) is 2.67. The zero-order valence-electron chi connectivity index (χ0n) is 19.2. The largest absolute Gasteiger partial charge is 0.454 e. The molecule has 0 radical (unpaired) electrons. The molecule has 0 fully saturated rings. The van der Waals surface area contributed by atoms with Crippen molar-refractivity contribution < 1.29 is 32.2 Å². The Morgan fingerprint density at radius 3 is 2.40 bits per heavy atom. The summed E-state index contributed by atoms with van der Waals surface area (Å²) in [7, 11) is -3.77. The van der Waals surface area contributed by atoms with Crippen LogP contribution in [0.1, 0.15) is 27.0 Å². The second kappa shape index (κ2) is 10.1. The van der Waals surface area contributed by atoms with Gasteiger partial charge < -0.3 is 19.5 Å². The average Bonchev–Trinajstić information content (AvgIpc) is 3.31. The van der Waals surface area contributed by atoms with Crippen molar-refractivity contribution in [2.24, 2.45) is 0 Å². The molecule has 1 aliphatic rings. The smallest absolute Gasteiger partial charge is 0.338 e. The van der Waals surface area contributed by atoms with Crippen LogP contribution in [0.15, 0.2) is 65.6 Å². The van der Waals surface area contributed by atoms with Gasteiger partial charge in [-0.1, -0.05) is 12.1 Å². The number of amides is 1. The Morgan fingerprint density at radius 1 is 0.914 bits per heavy atom. The molecule has 35 heavy (non-hydrogen) atoms. The number of carbonyl (C=O) groups is 2. The number of benzene rings is 3. The van der Waals surface area contributed by atoms with Gasteiger partial charge in [-0.15, -0.1) is 0 Å². The SMILES string of the molecule is Cc1ccc(S(=O)(=O)Nc2ccc(C(=O)OCC(=O)NCc3ccc4c(c3)OCO4)cc2)cc1C. The standard InChI is InChI=1S/C25H24N2O7S/c1-16-3-9-21(11-17(16)2)35(30,31)27-20-7-5-19(6-8-20)25(29)32-14-24(28)26-13-18-4-10-22-23(12-18)34-15-33-22/h3-12,27H,13-15H2,1-2H3,(H,26,28). The highest BCUT2D eigenvalue weighted by atomic mass is 32.2. The maximum Gasteiger partial charge on any atom is 0.338 e. The van der Waals surface area contributed by atoms with E-state index in [1.54, 1.807) is 30.3 Å². The molecule has 1 amide bonds. The lowest BCUT2D eigenvalue weighted by Gasteiger charge is -2.10. The van der Waals surface area contributed by atoms with E-state index in [1.807, 2.05) is 13.8 Å². The molecule has 4 rings (SSSR count). The fourth-order valence-corrected chi connectivity index (χ4v) is 4.43. The number of hydrogen-bond acceptors (Lipinski definition) is 7. The van der Waals surface area contributed by atoms with Crippen LogP contribution in [0.5, 0.6) is 11.5 Å². The van der Waals surface area contributed by atoms with Crippen LogP contribution in [0.4, 0.5) is 5.69 Å². The number of anilines is 1. The van der Waals surface area contributed by atoms with Gasteiger partial charge >= 0.3 is 5.97 Å². The molecular formula is C25H24N2O7S. The minimum atomic E-state index is -3.77. The van der Waals surface area contributed by atoms with E-state index in [0.717, 1.165) is 16.7 Å². The van der Waals surface area contributed by atoms with Crippen molar-refractivity contribution in [1.82, 2.24) is 5.32 Å². The van der Waals surface area contributed by atoms with E-state index in [4.69, 9.17) is 14.2 Å². The topological polar surface area (TPSA) is 120 Å². The van der Waals surface area contributed by atoms with Gasteiger partial charge in [0.2, 0.25) is 6.79 Å². The third-order valence-corrected chi connectivity index (χ3v) is 6.80. The summed E-state index contributed by atoms with van der Waals surface area (Å²) in [6.07, 6.45) is 0. The minimum absolute atomic E-state index is 0.149. The predicted octanol–water partition coefficient (Wildman–Crippen LogP) is 3.31. The number of carbonyl (C=O) groups excluding carboxylic acids is 2. The van der Waals surface area contributed by atoms with Gasteiger partial charge in [0, 0.05) is 12.2 Å². The first kappa shape index (κ1) is 24.1. The molecule has 1 aliphatic heterocycles. The highest BCUT2D eigenvalue weighted by Gasteiger charge is 2.17. The Labute approximate surface area is 203 Å². The van der Waals surface area contributed by atoms with Gasteiger partial charge in [0.25, 0.3) is 15.9 Å². The molecule has 0 bridgehead atoms. The Hall–Kier alpha value is -4.05. The van der Waals surface area contributed by atoms with Gasteiger partial charge in [-0.3, -0.25) is 9.52 Å². The van der Waals surface area contributed by atoms with Crippen molar-refractivity contribution in [3.8, 4) is 11.5 Å². The summed E-state index contributed by atoms with van der Waals surface area (Å²) in [5.74, 6) is 0.0987. The minimum Gasteiger partial charge on any atom is -0.454 e. The molecule has 10 heteroatoms. The summed E-state index contributed by atoms with van der Waals surface area (Å²) < 4.78 is 43.3. The highest BCUT2D eigenvalue weighted by molar-refractivity contribution is 7.92. The summed E-state index contributed by atoms with van der Waals surface area (Å²) >= 11 is 0. The fraction of sp³-hybridized carbons (Fsp3) is 0.200. The Balaban J connectivity index is 1.27. The van der Waals surface area contributed by atoms with E-state index >= 15 is 0 Å². The molecule has 1 heterocycles. The van der Waals surface area contributed by atoms with Crippen LogP contribution in [0.3, 0.4) is 0 Å². The molecule has 182 valence electrons. The van der Waals surface area contributed by atoms with Crippen LogP contribution in [-0.2, 0) is 26.1 Å². The van der Waals surface area contributed by atoms with Gasteiger partial charge in [-0.05, 0) is 79.1 Å². The number of rotatable bonds is 8. The second-order valence-electron chi connectivity index (χ2n) is 7.97. The van der Waals surface area contributed by atoms with Crippen molar-refractivity contribution in [1.29, 1.82) is 0 Å². The van der Waals surface area contributed by atoms with Crippen molar-refractivity contribution in [2.45, 2.75) is 25.3 Å². The van der Waals surface area contributed by atoms with E-state index in [9.17, 15) is 18.0 Å². The quantitative estimate of drug-likeness (QED) is 0.459. The molecule has 9 nitrogen and oxygen atoms in total. The van der Waals surface area contributed by atoms with E-state index in [1.165, 1.54) is 30.3 Å². The molecule has 0 aromatic heterocycles. The maximum absolute atomic E-state index is 12.6. The van der Waals surface area contributed by atoms with E-state index in [-0.39, 0.29) is 23.8 Å². The predicted molar refractivity (Wildman–Crippen MR) is 128 cm³/mol. The first-order valence-electron chi connectivity index (χ1n) is 10.7. The van der Waals surface area contributed by atoms with Crippen LogP contribution in [-0.4, -0.2) is 33.7 Å². The fourth-order valence-electron chi connectivity index (χ4n) is 3.29. The first-order chi connectivity index (χ1) is 16.7. The highest BCUT2D eigenvalue weighted by Crippen LogP contribution is 2.32. The Bertz CT molecular complexity index is 1370. The van der Waals surface area contributed by atoms with Crippen molar-refractivity contribution in [3.63, 3.8) is 0 Å². The number of nitrogens with one attached hydrogen (secondary N) is 2.